The summed E-state index contributed by atoms with van der Waals surface area (Å²) >= 11 is 0. The van der Waals surface area contributed by atoms with Crippen molar-refractivity contribution in [1.82, 2.24) is 10.2 Å². The van der Waals surface area contributed by atoms with Crippen LogP contribution in [0.3, 0.4) is 0 Å². The zero-order valence-electron chi connectivity index (χ0n) is 17.3. The van der Waals surface area contributed by atoms with Crippen LogP contribution in [-0.4, -0.2) is 30.9 Å². The molecular formula is C24H28N4O. The summed E-state index contributed by atoms with van der Waals surface area (Å²) in [6.07, 6.45) is 1.86. The number of hydrogen-bond acceptors (Lipinski definition) is 4. The fourth-order valence-electron chi connectivity index (χ4n) is 3.81. The van der Waals surface area contributed by atoms with Gasteiger partial charge in [0.2, 0.25) is 0 Å². The molecule has 0 aromatic heterocycles. The molecule has 3 rings (SSSR count). The number of likely N-dealkylation sites (tertiary alicyclic amines) is 1. The number of nitrogens with two attached hydrogens (primary N) is 1. The van der Waals surface area contributed by atoms with Crippen molar-refractivity contribution in [2.45, 2.75) is 32.6 Å². The van der Waals surface area contributed by atoms with Crippen LogP contribution in [0.4, 0.5) is 0 Å². The van der Waals surface area contributed by atoms with E-state index in [0.29, 0.717) is 22.7 Å². The van der Waals surface area contributed by atoms with E-state index in [-0.39, 0.29) is 5.91 Å². The Bertz CT molecular complexity index is 961. The number of allylic oxidation sites excluding steroid dienone is 1. The van der Waals surface area contributed by atoms with Crippen LogP contribution < -0.4 is 11.1 Å². The normalized spacial score (nSPS) is 15.4. The molecular weight excluding hydrogens is 360 g/mol. The molecule has 0 unspecified atom stereocenters. The lowest BCUT2D eigenvalue weighted by atomic mass is 9.88. The fraction of sp³-hybridized carbons (Fsp3) is 0.333. The maximum Gasteiger partial charge on any atom is 0.253 e. The SMILES string of the molecule is CN/C(C)=C(\N)c1cc(C(=O)N2CCC(c3ccc(C#N)cc3)CC2)ccc1C. The second-order valence-electron chi connectivity index (χ2n) is 7.62. The summed E-state index contributed by atoms with van der Waals surface area (Å²) in [5.41, 5.74) is 12.4. The molecule has 3 N–H and O–H groups in total. The molecule has 1 aliphatic heterocycles. The highest BCUT2D eigenvalue weighted by molar-refractivity contribution is 5.95. The first kappa shape index (κ1) is 20.5. The van der Waals surface area contributed by atoms with Gasteiger partial charge in [-0.2, -0.15) is 5.26 Å². The molecule has 0 atom stereocenters. The van der Waals surface area contributed by atoms with Gasteiger partial charge >= 0.3 is 0 Å². The monoisotopic (exact) mass is 388 g/mol. The highest BCUT2D eigenvalue weighted by atomic mass is 16.2. The van der Waals surface area contributed by atoms with Gasteiger partial charge in [0.1, 0.15) is 0 Å². The van der Waals surface area contributed by atoms with Crippen molar-refractivity contribution in [1.29, 1.82) is 5.26 Å². The molecule has 0 radical (unpaired) electrons. The minimum Gasteiger partial charge on any atom is -0.397 e. The van der Waals surface area contributed by atoms with Gasteiger partial charge in [0.05, 0.1) is 17.3 Å². The minimum absolute atomic E-state index is 0.0550. The van der Waals surface area contributed by atoms with Crippen LogP contribution in [0, 0.1) is 18.3 Å². The maximum atomic E-state index is 13.1. The molecule has 1 amide bonds. The number of carbonyl (C=O) groups is 1. The van der Waals surface area contributed by atoms with E-state index in [4.69, 9.17) is 11.0 Å². The number of nitriles is 1. The van der Waals surface area contributed by atoms with Crippen molar-refractivity contribution in [2.24, 2.45) is 5.73 Å². The van der Waals surface area contributed by atoms with Gasteiger partial charge in [0.25, 0.3) is 5.91 Å². The van der Waals surface area contributed by atoms with Crippen LogP contribution in [-0.2, 0) is 0 Å². The Morgan fingerprint density at radius 3 is 2.41 bits per heavy atom. The highest BCUT2D eigenvalue weighted by Crippen LogP contribution is 2.29. The van der Waals surface area contributed by atoms with Gasteiger partial charge in [-0.15, -0.1) is 0 Å². The number of rotatable bonds is 4. The van der Waals surface area contributed by atoms with Crippen molar-refractivity contribution in [2.75, 3.05) is 20.1 Å². The van der Waals surface area contributed by atoms with E-state index < -0.39 is 0 Å². The van der Waals surface area contributed by atoms with Gasteiger partial charge in [-0.3, -0.25) is 4.79 Å². The van der Waals surface area contributed by atoms with E-state index in [9.17, 15) is 4.79 Å². The third-order valence-electron chi connectivity index (χ3n) is 5.85. The average Bonchev–Trinajstić information content (AvgIpc) is 2.78. The molecule has 1 aliphatic rings. The molecule has 0 spiro atoms. The second-order valence-corrected chi connectivity index (χ2v) is 7.62. The zero-order chi connectivity index (χ0) is 21.0. The minimum atomic E-state index is 0.0550. The molecule has 1 heterocycles. The van der Waals surface area contributed by atoms with Gasteiger partial charge in [-0.05, 0) is 68.0 Å². The van der Waals surface area contributed by atoms with Crippen molar-refractivity contribution in [3.8, 4) is 6.07 Å². The zero-order valence-corrected chi connectivity index (χ0v) is 17.3. The Hall–Kier alpha value is -3.26. The van der Waals surface area contributed by atoms with Crippen LogP contribution in [0.1, 0.15) is 58.3 Å². The molecule has 29 heavy (non-hydrogen) atoms. The molecule has 5 heteroatoms. The topological polar surface area (TPSA) is 82.2 Å². The van der Waals surface area contributed by atoms with Crippen molar-refractivity contribution < 1.29 is 4.79 Å². The molecule has 2 aromatic rings. The molecule has 1 fully saturated rings. The van der Waals surface area contributed by atoms with E-state index in [2.05, 4.69) is 11.4 Å². The van der Waals surface area contributed by atoms with Crippen LogP contribution >= 0.6 is 0 Å². The largest absolute Gasteiger partial charge is 0.397 e. The summed E-state index contributed by atoms with van der Waals surface area (Å²) < 4.78 is 0. The second kappa shape index (κ2) is 8.83. The third kappa shape index (κ3) is 4.43. The Morgan fingerprint density at radius 2 is 1.83 bits per heavy atom. The molecule has 5 nitrogen and oxygen atoms in total. The molecule has 150 valence electrons. The van der Waals surface area contributed by atoms with E-state index in [1.54, 1.807) is 0 Å². The van der Waals surface area contributed by atoms with Crippen LogP contribution in [0.5, 0.6) is 0 Å². The summed E-state index contributed by atoms with van der Waals surface area (Å²) in [6, 6.07) is 15.7. The Labute approximate surface area is 172 Å². The molecule has 0 saturated carbocycles. The van der Waals surface area contributed by atoms with Gasteiger partial charge < -0.3 is 16.0 Å². The first-order chi connectivity index (χ1) is 13.9. The standard InChI is InChI=1S/C24H28N4O/c1-16-4-7-21(14-22(16)23(26)17(2)27-3)24(29)28-12-10-20(11-13-28)19-8-5-18(15-25)6-9-19/h4-9,14,20,27H,10-13,26H2,1-3H3/b23-17-. The Balaban J connectivity index is 1.71. The Morgan fingerprint density at radius 1 is 1.17 bits per heavy atom. The van der Waals surface area contributed by atoms with E-state index in [1.165, 1.54) is 5.56 Å². The predicted octanol–water partition coefficient (Wildman–Crippen LogP) is 3.75. The fourth-order valence-corrected chi connectivity index (χ4v) is 3.81. The first-order valence-electron chi connectivity index (χ1n) is 9.99. The number of aryl methyl sites for hydroxylation is 1. The van der Waals surface area contributed by atoms with E-state index in [0.717, 1.165) is 42.8 Å². The van der Waals surface area contributed by atoms with Crippen molar-refractivity contribution >= 4 is 11.6 Å². The summed E-state index contributed by atoms with van der Waals surface area (Å²) in [4.78, 5) is 15.0. The third-order valence-corrected chi connectivity index (χ3v) is 5.85. The van der Waals surface area contributed by atoms with Gasteiger partial charge in [0, 0.05) is 37.0 Å². The van der Waals surface area contributed by atoms with E-state index in [1.807, 2.05) is 68.3 Å². The number of hydrogen-bond donors (Lipinski definition) is 2. The lowest BCUT2D eigenvalue weighted by Crippen LogP contribution is -2.38. The average molecular weight is 389 g/mol. The molecule has 0 bridgehead atoms. The highest BCUT2D eigenvalue weighted by Gasteiger charge is 2.25. The summed E-state index contributed by atoms with van der Waals surface area (Å²) in [5.74, 6) is 0.483. The lowest BCUT2D eigenvalue weighted by Gasteiger charge is -2.32. The lowest BCUT2D eigenvalue weighted by molar-refractivity contribution is 0.0713. The number of benzene rings is 2. The smallest absolute Gasteiger partial charge is 0.253 e. The number of carbonyl (C=O) groups excluding carboxylic acids is 1. The van der Waals surface area contributed by atoms with Crippen LogP contribution in [0.2, 0.25) is 0 Å². The maximum absolute atomic E-state index is 13.1. The van der Waals surface area contributed by atoms with E-state index >= 15 is 0 Å². The summed E-state index contributed by atoms with van der Waals surface area (Å²) in [5, 5.41) is 12.0. The van der Waals surface area contributed by atoms with Crippen LogP contribution in [0.15, 0.2) is 48.2 Å². The number of nitrogens with zero attached hydrogens (tertiary/aromatic N) is 2. The summed E-state index contributed by atoms with van der Waals surface area (Å²) in [6.45, 7) is 5.39. The number of nitrogens with one attached hydrogen (secondary N) is 1. The quantitative estimate of drug-likeness (QED) is 0.836. The van der Waals surface area contributed by atoms with Gasteiger partial charge in [0.15, 0.2) is 0 Å². The Kier molecular flexibility index (Phi) is 6.23. The first-order valence-corrected chi connectivity index (χ1v) is 9.99. The van der Waals surface area contributed by atoms with Gasteiger partial charge in [-0.1, -0.05) is 18.2 Å². The molecule has 2 aromatic carbocycles. The van der Waals surface area contributed by atoms with Crippen LogP contribution in [0.25, 0.3) is 5.70 Å². The number of piperidine rings is 1. The van der Waals surface area contributed by atoms with Gasteiger partial charge in [-0.25, -0.2) is 0 Å². The molecule has 0 aliphatic carbocycles. The predicted molar refractivity (Wildman–Crippen MR) is 116 cm³/mol. The summed E-state index contributed by atoms with van der Waals surface area (Å²) in [7, 11) is 1.84. The van der Waals surface area contributed by atoms with Crippen molar-refractivity contribution in [3.05, 3.63) is 76.0 Å². The number of amides is 1. The van der Waals surface area contributed by atoms with Crippen molar-refractivity contribution in [3.63, 3.8) is 0 Å². The molecule has 1 saturated heterocycles.